The second kappa shape index (κ2) is 6.59. The maximum Gasteiger partial charge on any atom is 0.408 e. The van der Waals surface area contributed by atoms with Crippen molar-refractivity contribution < 1.29 is 23.1 Å². The number of halogens is 3. The summed E-state index contributed by atoms with van der Waals surface area (Å²) in [6.45, 7) is -1.08. The van der Waals surface area contributed by atoms with Gasteiger partial charge in [0.25, 0.3) is 0 Å². The van der Waals surface area contributed by atoms with Crippen molar-refractivity contribution in [2.24, 2.45) is 0 Å². The van der Waals surface area contributed by atoms with Crippen LogP contribution in [0.4, 0.5) is 23.7 Å². The number of benzene rings is 1. The van der Waals surface area contributed by atoms with Gasteiger partial charge in [-0.2, -0.15) is 18.3 Å². The summed E-state index contributed by atoms with van der Waals surface area (Å²) in [5.74, 6) is 0.0603. The summed E-state index contributed by atoms with van der Waals surface area (Å²) in [4.78, 5) is 13.3. The number of phenolic OH excluding ortho intramolecular Hbond substituents is 1. The number of aromatic nitrogens is 2. The van der Waals surface area contributed by atoms with Gasteiger partial charge in [0.05, 0.1) is 18.4 Å². The van der Waals surface area contributed by atoms with E-state index in [0.717, 1.165) is 12.4 Å². The Balaban J connectivity index is 1.95. The molecular formula is C14H15F3N4O2. The SMILES string of the molecule is CN(Cc1ccccc1O)C(=O)Nc1cnn(CC(F)(F)F)c1. The van der Waals surface area contributed by atoms with Gasteiger partial charge in [-0.1, -0.05) is 18.2 Å². The number of nitrogens with zero attached hydrogens (tertiary/aromatic N) is 3. The van der Waals surface area contributed by atoms with Gasteiger partial charge >= 0.3 is 12.2 Å². The molecule has 6 nitrogen and oxygen atoms in total. The summed E-state index contributed by atoms with van der Waals surface area (Å²) < 4.78 is 37.4. The number of amides is 2. The Bertz CT molecular complexity index is 685. The third-order valence-electron chi connectivity index (χ3n) is 2.97. The van der Waals surface area contributed by atoms with Crippen molar-refractivity contribution >= 4 is 11.7 Å². The smallest absolute Gasteiger partial charge is 0.408 e. The zero-order valence-electron chi connectivity index (χ0n) is 12.2. The van der Waals surface area contributed by atoms with Gasteiger partial charge in [0.1, 0.15) is 12.3 Å². The maximum atomic E-state index is 12.2. The molecule has 1 heterocycles. The molecule has 2 amide bonds. The van der Waals surface area contributed by atoms with Crippen molar-refractivity contribution in [1.82, 2.24) is 14.7 Å². The zero-order chi connectivity index (χ0) is 17.0. The molecule has 23 heavy (non-hydrogen) atoms. The van der Waals surface area contributed by atoms with Crippen LogP contribution < -0.4 is 5.32 Å². The Kier molecular flexibility index (Phi) is 4.77. The van der Waals surface area contributed by atoms with E-state index in [1.165, 1.54) is 18.0 Å². The van der Waals surface area contributed by atoms with E-state index in [4.69, 9.17) is 0 Å². The van der Waals surface area contributed by atoms with E-state index in [2.05, 4.69) is 10.4 Å². The molecule has 0 bridgehead atoms. The Morgan fingerprint density at radius 2 is 2.09 bits per heavy atom. The molecular weight excluding hydrogens is 313 g/mol. The number of nitrogens with one attached hydrogen (secondary N) is 1. The van der Waals surface area contributed by atoms with E-state index in [-0.39, 0.29) is 18.0 Å². The summed E-state index contributed by atoms with van der Waals surface area (Å²) in [7, 11) is 1.50. The molecule has 2 N–H and O–H groups in total. The number of hydrogen-bond donors (Lipinski definition) is 2. The fourth-order valence-corrected chi connectivity index (χ4v) is 1.89. The van der Waals surface area contributed by atoms with Crippen LogP contribution in [-0.4, -0.2) is 39.0 Å². The highest BCUT2D eigenvalue weighted by Crippen LogP contribution is 2.19. The summed E-state index contributed by atoms with van der Waals surface area (Å²) in [5.41, 5.74) is 0.710. The highest BCUT2D eigenvalue weighted by Gasteiger charge is 2.28. The van der Waals surface area contributed by atoms with Gasteiger partial charge in [-0.25, -0.2) is 4.79 Å². The Morgan fingerprint density at radius 1 is 1.39 bits per heavy atom. The van der Waals surface area contributed by atoms with Crippen molar-refractivity contribution in [1.29, 1.82) is 0 Å². The molecule has 0 saturated heterocycles. The van der Waals surface area contributed by atoms with Crippen LogP contribution in [0.15, 0.2) is 36.7 Å². The largest absolute Gasteiger partial charge is 0.508 e. The van der Waals surface area contributed by atoms with E-state index in [1.807, 2.05) is 0 Å². The number of anilines is 1. The van der Waals surface area contributed by atoms with E-state index >= 15 is 0 Å². The van der Waals surface area contributed by atoms with Crippen LogP contribution in [0.2, 0.25) is 0 Å². The molecule has 0 fully saturated rings. The normalized spacial score (nSPS) is 11.3. The Morgan fingerprint density at radius 3 is 2.74 bits per heavy atom. The third-order valence-corrected chi connectivity index (χ3v) is 2.97. The fraction of sp³-hybridized carbons (Fsp3) is 0.286. The first-order chi connectivity index (χ1) is 10.7. The number of para-hydroxylation sites is 1. The molecule has 1 aromatic carbocycles. The van der Waals surface area contributed by atoms with E-state index < -0.39 is 18.8 Å². The number of hydrogen-bond acceptors (Lipinski definition) is 3. The first-order valence-corrected chi connectivity index (χ1v) is 6.63. The first kappa shape index (κ1) is 16.7. The van der Waals surface area contributed by atoms with Crippen LogP contribution in [0, 0.1) is 0 Å². The van der Waals surface area contributed by atoms with Crippen LogP contribution in [-0.2, 0) is 13.1 Å². The fourth-order valence-electron chi connectivity index (χ4n) is 1.89. The second-order valence-electron chi connectivity index (χ2n) is 4.96. The van der Waals surface area contributed by atoms with Gasteiger partial charge in [-0.3, -0.25) is 4.68 Å². The lowest BCUT2D eigenvalue weighted by atomic mass is 10.2. The van der Waals surface area contributed by atoms with Gasteiger partial charge in [-0.05, 0) is 6.07 Å². The number of carbonyl (C=O) groups is 1. The monoisotopic (exact) mass is 328 g/mol. The lowest BCUT2D eigenvalue weighted by Gasteiger charge is -2.18. The Hall–Kier alpha value is -2.71. The maximum absolute atomic E-state index is 12.2. The molecule has 0 atom stereocenters. The van der Waals surface area contributed by atoms with Gasteiger partial charge in [0, 0.05) is 18.8 Å². The molecule has 0 aliphatic carbocycles. The number of aromatic hydroxyl groups is 1. The topological polar surface area (TPSA) is 70.4 Å². The van der Waals surface area contributed by atoms with Crippen LogP contribution in [0.5, 0.6) is 5.75 Å². The zero-order valence-corrected chi connectivity index (χ0v) is 12.2. The molecule has 0 spiro atoms. The molecule has 0 saturated carbocycles. The number of rotatable bonds is 4. The van der Waals surface area contributed by atoms with E-state index in [0.29, 0.717) is 10.2 Å². The number of phenols is 1. The third kappa shape index (κ3) is 4.90. The standard InChI is InChI=1S/C14H15F3N4O2/c1-20(7-10-4-2-3-5-12(10)22)13(23)19-11-6-18-21(8-11)9-14(15,16)17/h2-6,8,22H,7,9H2,1H3,(H,19,23). The summed E-state index contributed by atoms with van der Waals surface area (Å²) in [6, 6.07) is 6.03. The Labute approximate surface area is 130 Å². The van der Waals surface area contributed by atoms with Crippen molar-refractivity contribution in [3.8, 4) is 5.75 Å². The average molecular weight is 328 g/mol. The molecule has 1 aromatic heterocycles. The molecule has 0 aliphatic heterocycles. The number of carbonyl (C=O) groups excluding carboxylic acids is 1. The van der Waals surface area contributed by atoms with Crippen LogP contribution in [0.1, 0.15) is 5.56 Å². The number of alkyl halides is 3. The molecule has 2 rings (SSSR count). The highest BCUT2D eigenvalue weighted by atomic mass is 19.4. The van der Waals surface area contributed by atoms with Gasteiger partial charge < -0.3 is 15.3 Å². The molecule has 0 unspecified atom stereocenters. The lowest BCUT2D eigenvalue weighted by molar-refractivity contribution is -0.142. The highest BCUT2D eigenvalue weighted by molar-refractivity contribution is 5.88. The lowest BCUT2D eigenvalue weighted by Crippen LogP contribution is -2.30. The molecule has 9 heteroatoms. The van der Waals surface area contributed by atoms with Gasteiger partial charge in [-0.15, -0.1) is 0 Å². The van der Waals surface area contributed by atoms with Crippen LogP contribution >= 0.6 is 0 Å². The van der Waals surface area contributed by atoms with Crippen molar-refractivity contribution in [2.75, 3.05) is 12.4 Å². The average Bonchev–Trinajstić information content (AvgIpc) is 2.86. The minimum absolute atomic E-state index is 0.0603. The first-order valence-electron chi connectivity index (χ1n) is 6.63. The van der Waals surface area contributed by atoms with E-state index in [9.17, 15) is 23.1 Å². The molecule has 2 aromatic rings. The van der Waals surface area contributed by atoms with Crippen LogP contribution in [0.3, 0.4) is 0 Å². The van der Waals surface area contributed by atoms with Crippen molar-refractivity contribution in [2.45, 2.75) is 19.3 Å². The van der Waals surface area contributed by atoms with Crippen LogP contribution in [0.25, 0.3) is 0 Å². The summed E-state index contributed by atoms with van der Waals surface area (Å²) >= 11 is 0. The quantitative estimate of drug-likeness (QED) is 0.907. The second-order valence-corrected chi connectivity index (χ2v) is 4.96. The van der Waals surface area contributed by atoms with E-state index in [1.54, 1.807) is 18.2 Å². The predicted molar refractivity (Wildman–Crippen MR) is 76.9 cm³/mol. The molecule has 0 aliphatic rings. The minimum Gasteiger partial charge on any atom is -0.508 e. The van der Waals surface area contributed by atoms with Crippen molar-refractivity contribution in [3.63, 3.8) is 0 Å². The summed E-state index contributed by atoms with van der Waals surface area (Å²) in [6.07, 6.45) is -2.15. The van der Waals surface area contributed by atoms with Gasteiger partial charge in [0.15, 0.2) is 0 Å². The van der Waals surface area contributed by atoms with Gasteiger partial charge in [0.2, 0.25) is 0 Å². The number of urea groups is 1. The minimum atomic E-state index is -4.38. The summed E-state index contributed by atoms with van der Waals surface area (Å²) in [5, 5.41) is 15.6. The predicted octanol–water partition coefficient (Wildman–Crippen LogP) is 2.81. The van der Waals surface area contributed by atoms with Crippen molar-refractivity contribution in [3.05, 3.63) is 42.2 Å². The molecule has 124 valence electrons. The molecule has 0 radical (unpaired) electrons.